The van der Waals surface area contributed by atoms with Gasteiger partial charge >= 0.3 is 0 Å². The van der Waals surface area contributed by atoms with Crippen LogP contribution >= 0.6 is 11.8 Å². The van der Waals surface area contributed by atoms with E-state index in [9.17, 15) is 18.4 Å². The Labute approximate surface area is 240 Å². The van der Waals surface area contributed by atoms with E-state index in [2.05, 4.69) is 5.32 Å². The number of nitrogens with zero attached hydrogens (tertiary/aromatic N) is 3. The molecule has 0 saturated carbocycles. The molecule has 0 fully saturated rings. The third-order valence-corrected chi connectivity index (χ3v) is 7.96. The van der Waals surface area contributed by atoms with Crippen LogP contribution in [-0.4, -0.2) is 33.9 Å². The Kier molecular flexibility index (Phi) is 7.95. The molecule has 4 aromatic rings. The van der Waals surface area contributed by atoms with Crippen molar-refractivity contribution in [3.63, 3.8) is 0 Å². The fraction of sp³-hybridized carbons (Fsp3) is 0.258. The van der Waals surface area contributed by atoms with E-state index in [1.165, 1.54) is 40.9 Å². The summed E-state index contributed by atoms with van der Waals surface area (Å²) in [5.74, 6) is -2.23. The monoisotopic (exact) mass is 578 g/mol. The third-order valence-electron chi connectivity index (χ3n) is 6.72. The molecule has 1 aliphatic heterocycles. The van der Waals surface area contributed by atoms with Crippen molar-refractivity contribution in [3.8, 4) is 11.3 Å². The van der Waals surface area contributed by atoms with Crippen molar-refractivity contribution in [1.82, 2.24) is 15.1 Å². The van der Waals surface area contributed by atoms with Gasteiger partial charge in [-0.3, -0.25) is 14.5 Å². The molecular weight excluding hydrogens is 549 g/mol. The Morgan fingerprint density at radius 3 is 2.34 bits per heavy atom. The maximum Gasteiger partial charge on any atom is 0.240 e. The van der Waals surface area contributed by atoms with Gasteiger partial charge in [0.1, 0.15) is 29.8 Å². The van der Waals surface area contributed by atoms with E-state index in [1.807, 2.05) is 51.1 Å². The van der Waals surface area contributed by atoms with Crippen LogP contribution in [0.1, 0.15) is 42.7 Å². The highest BCUT2D eigenvalue weighted by Gasteiger charge is 2.40. The fourth-order valence-electron chi connectivity index (χ4n) is 4.76. The number of benzene rings is 3. The average molecular weight is 579 g/mol. The highest BCUT2D eigenvalue weighted by molar-refractivity contribution is 8.00. The lowest BCUT2D eigenvalue weighted by Crippen LogP contribution is -2.43. The zero-order valence-corrected chi connectivity index (χ0v) is 23.6. The highest BCUT2D eigenvalue weighted by Crippen LogP contribution is 2.49. The Morgan fingerprint density at radius 2 is 1.68 bits per heavy atom. The van der Waals surface area contributed by atoms with Gasteiger partial charge in [0.25, 0.3) is 0 Å². The lowest BCUT2D eigenvalue weighted by molar-refractivity contribution is -0.123. The van der Waals surface area contributed by atoms with Crippen molar-refractivity contribution < 1.29 is 22.8 Å². The van der Waals surface area contributed by atoms with Crippen molar-refractivity contribution in [1.29, 1.82) is 0 Å². The third kappa shape index (κ3) is 6.02. The molecule has 1 aliphatic rings. The van der Waals surface area contributed by atoms with Crippen LogP contribution in [-0.2, 0) is 21.7 Å². The number of thioether (sulfide) groups is 1. The number of halogens is 3. The molecule has 0 saturated heterocycles. The molecule has 0 spiro atoms. The summed E-state index contributed by atoms with van der Waals surface area (Å²) in [5, 5.41) is 7.04. The van der Waals surface area contributed by atoms with Gasteiger partial charge in [0.2, 0.25) is 11.8 Å². The van der Waals surface area contributed by atoms with Crippen molar-refractivity contribution in [3.05, 3.63) is 107 Å². The van der Waals surface area contributed by atoms with Crippen LogP contribution in [0.3, 0.4) is 0 Å². The second kappa shape index (κ2) is 11.4. The number of rotatable bonds is 6. The second-order valence-electron chi connectivity index (χ2n) is 10.8. The van der Waals surface area contributed by atoms with E-state index in [1.54, 1.807) is 16.8 Å². The minimum absolute atomic E-state index is 0.0419. The predicted octanol–water partition coefficient (Wildman–Crippen LogP) is 6.21. The summed E-state index contributed by atoms with van der Waals surface area (Å²) in [7, 11) is 0. The molecule has 212 valence electrons. The number of amides is 2. The van der Waals surface area contributed by atoms with Crippen molar-refractivity contribution in [2.45, 2.75) is 38.1 Å². The first-order valence-electron chi connectivity index (χ1n) is 13.1. The zero-order valence-electron chi connectivity index (χ0n) is 22.8. The molecule has 0 aliphatic carbocycles. The molecule has 5 rings (SSSR count). The Hall–Kier alpha value is -4.05. The van der Waals surface area contributed by atoms with Gasteiger partial charge in [0.05, 0.1) is 22.2 Å². The Morgan fingerprint density at radius 1 is 1.00 bits per heavy atom. The first kappa shape index (κ1) is 28.5. The minimum Gasteiger partial charge on any atom is -0.350 e. The van der Waals surface area contributed by atoms with Crippen LogP contribution in [0.4, 0.5) is 19.0 Å². The lowest BCUT2D eigenvalue weighted by atomic mass is 9.98. The number of carbonyl (C=O) groups excluding carboxylic acids is 2. The summed E-state index contributed by atoms with van der Waals surface area (Å²) >= 11 is 1.21. The summed E-state index contributed by atoms with van der Waals surface area (Å²) in [6.07, 6.45) is 0. The topological polar surface area (TPSA) is 67.2 Å². The minimum atomic E-state index is -0.728. The van der Waals surface area contributed by atoms with Crippen LogP contribution in [0, 0.1) is 17.5 Å². The summed E-state index contributed by atoms with van der Waals surface area (Å²) in [6.45, 7) is 5.63. The van der Waals surface area contributed by atoms with E-state index < -0.39 is 28.3 Å². The Bertz CT molecular complexity index is 1580. The number of hydrogen-bond acceptors (Lipinski definition) is 4. The van der Waals surface area contributed by atoms with Crippen LogP contribution in [0.15, 0.2) is 72.8 Å². The smallest absolute Gasteiger partial charge is 0.240 e. The van der Waals surface area contributed by atoms with E-state index in [4.69, 9.17) is 5.10 Å². The number of aromatic nitrogens is 2. The van der Waals surface area contributed by atoms with Crippen molar-refractivity contribution >= 4 is 29.4 Å². The van der Waals surface area contributed by atoms with Crippen molar-refractivity contribution in [2.24, 2.45) is 0 Å². The van der Waals surface area contributed by atoms with Gasteiger partial charge in [-0.1, -0.05) is 48.5 Å². The summed E-state index contributed by atoms with van der Waals surface area (Å²) in [4.78, 5) is 28.2. The quantitative estimate of drug-likeness (QED) is 0.296. The molecule has 1 unspecified atom stereocenters. The number of fused-ring (bicyclic) bond motifs is 1. The van der Waals surface area contributed by atoms with E-state index in [0.29, 0.717) is 22.6 Å². The first-order chi connectivity index (χ1) is 19.5. The van der Waals surface area contributed by atoms with Gasteiger partial charge in [-0.25, -0.2) is 17.9 Å². The molecule has 41 heavy (non-hydrogen) atoms. The predicted molar refractivity (Wildman–Crippen MR) is 154 cm³/mol. The van der Waals surface area contributed by atoms with Gasteiger partial charge in [-0.05, 0) is 44.5 Å². The molecule has 2 heterocycles. The van der Waals surface area contributed by atoms with Crippen LogP contribution < -0.4 is 10.2 Å². The van der Waals surface area contributed by atoms with Gasteiger partial charge < -0.3 is 5.32 Å². The molecule has 0 bridgehead atoms. The summed E-state index contributed by atoms with van der Waals surface area (Å²) in [5.41, 5.74) is 2.17. The van der Waals surface area contributed by atoms with Gasteiger partial charge in [0.15, 0.2) is 0 Å². The van der Waals surface area contributed by atoms with Crippen LogP contribution in [0.2, 0.25) is 0 Å². The maximum atomic E-state index is 15.3. The summed E-state index contributed by atoms with van der Waals surface area (Å²) < 4.78 is 44.1. The number of nitrogens with one attached hydrogen (secondary N) is 1. The van der Waals surface area contributed by atoms with Crippen LogP contribution in [0.25, 0.3) is 11.3 Å². The second-order valence-corrected chi connectivity index (χ2v) is 11.9. The normalized spacial score (nSPS) is 15.4. The van der Waals surface area contributed by atoms with Gasteiger partial charge in [0, 0.05) is 29.3 Å². The number of carbonyl (C=O) groups is 2. The fourth-order valence-corrected chi connectivity index (χ4v) is 5.98. The molecule has 10 heteroatoms. The highest BCUT2D eigenvalue weighted by atomic mass is 32.2. The average Bonchev–Trinajstić information content (AvgIpc) is 3.28. The molecule has 3 aromatic carbocycles. The molecule has 1 N–H and O–H groups in total. The standard InChI is InChI=1S/C31H29F3N4O2S/c1-31(2,3)38-30-27(28(36-38)20-7-5-4-6-8-20)29(23-14-13-22(33)15-24(23)34)41-18-26(40)37(30)17-25(39)35-16-19-9-11-21(32)12-10-19/h4-15,29H,16-18H2,1-3H3,(H,35,39). The maximum absolute atomic E-state index is 15.3. The molecule has 1 aromatic heterocycles. The molecule has 6 nitrogen and oxygen atoms in total. The zero-order chi connectivity index (χ0) is 29.3. The molecule has 1 atom stereocenters. The molecular formula is C31H29F3N4O2S. The number of anilines is 1. The summed E-state index contributed by atoms with van der Waals surface area (Å²) in [6, 6.07) is 18.5. The van der Waals surface area contributed by atoms with E-state index in [0.717, 1.165) is 11.6 Å². The Balaban J connectivity index is 1.63. The first-order valence-corrected chi connectivity index (χ1v) is 14.1. The van der Waals surface area contributed by atoms with Crippen molar-refractivity contribution in [2.75, 3.05) is 17.2 Å². The molecule has 0 radical (unpaired) electrons. The van der Waals surface area contributed by atoms with E-state index >= 15 is 4.39 Å². The van der Waals surface area contributed by atoms with Gasteiger partial charge in [-0.2, -0.15) is 5.10 Å². The van der Waals surface area contributed by atoms with Crippen LogP contribution in [0.5, 0.6) is 0 Å². The number of hydrogen-bond donors (Lipinski definition) is 1. The lowest BCUT2D eigenvalue weighted by Gasteiger charge is -2.28. The molecule has 2 amide bonds. The largest absolute Gasteiger partial charge is 0.350 e. The van der Waals surface area contributed by atoms with E-state index in [-0.39, 0.29) is 36.1 Å². The SMILES string of the molecule is CC(C)(C)n1nc(-c2ccccc2)c2c1N(CC(=O)NCc1ccc(F)cc1)C(=O)CSC2c1ccc(F)cc1F. The van der Waals surface area contributed by atoms with Gasteiger partial charge in [-0.15, -0.1) is 11.8 Å².